The molecule has 2 aromatic rings. The summed E-state index contributed by atoms with van der Waals surface area (Å²) in [6.07, 6.45) is 2.78. The lowest BCUT2D eigenvalue weighted by atomic mass is 9.95. The minimum absolute atomic E-state index is 0.0808. The summed E-state index contributed by atoms with van der Waals surface area (Å²) in [6, 6.07) is 11.0. The van der Waals surface area contributed by atoms with Gasteiger partial charge in [-0.05, 0) is 68.5 Å². The molecule has 32 heavy (non-hydrogen) atoms. The summed E-state index contributed by atoms with van der Waals surface area (Å²) in [5.74, 6) is -0.477. The molecular formula is C25H30N4O3. The average molecular weight is 435 g/mol. The topological polar surface area (TPSA) is 73.0 Å². The Bertz CT molecular complexity index is 1080. The van der Waals surface area contributed by atoms with Gasteiger partial charge in [0.25, 0.3) is 5.91 Å². The number of hydrogen-bond acceptors (Lipinski definition) is 4. The molecule has 0 spiro atoms. The van der Waals surface area contributed by atoms with Crippen molar-refractivity contribution in [2.24, 2.45) is 0 Å². The summed E-state index contributed by atoms with van der Waals surface area (Å²) in [7, 11) is 3.39. The molecule has 0 unspecified atom stereocenters. The molecule has 1 atom stereocenters. The van der Waals surface area contributed by atoms with Crippen molar-refractivity contribution in [2.45, 2.75) is 39.2 Å². The highest BCUT2D eigenvalue weighted by molar-refractivity contribution is 6.11. The Morgan fingerprint density at radius 2 is 1.88 bits per heavy atom. The van der Waals surface area contributed by atoms with E-state index in [2.05, 4.69) is 10.2 Å². The number of nitrogens with one attached hydrogen (secondary N) is 1. The first-order chi connectivity index (χ1) is 15.3. The molecule has 1 N–H and O–H groups in total. The Hall–Kier alpha value is -3.35. The van der Waals surface area contributed by atoms with Crippen LogP contribution in [0.15, 0.2) is 36.4 Å². The van der Waals surface area contributed by atoms with Crippen LogP contribution in [0.3, 0.4) is 0 Å². The van der Waals surface area contributed by atoms with Gasteiger partial charge in [-0.15, -0.1) is 0 Å². The van der Waals surface area contributed by atoms with Gasteiger partial charge in [-0.25, -0.2) is 0 Å². The number of rotatable bonds is 4. The predicted molar refractivity (Wildman–Crippen MR) is 126 cm³/mol. The van der Waals surface area contributed by atoms with Crippen molar-refractivity contribution >= 4 is 34.8 Å². The van der Waals surface area contributed by atoms with Crippen LogP contribution in [0.25, 0.3) is 0 Å². The van der Waals surface area contributed by atoms with E-state index in [-0.39, 0.29) is 30.3 Å². The van der Waals surface area contributed by atoms with Crippen molar-refractivity contribution in [3.63, 3.8) is 0 Å². The molecule has 7 heteroatoms. The van der Waals surface area contributed by atoms with Crippen molar-refractivity contribution in [1.82, 2.24) is 4.90 Å². The van der Waals surface area contributed by atoms with E-state index >= 15 is 0 Å². The van der Waals surface area contributed by atoms with E-state index in [1.807, 2.05) is 38.1 Å². The maximum atomic E-state index is 13.5. The molecule has 2 heterocycles. The molecular weight excluding hydrogens is 404 g/mol. The van der Waals surface area contributed by atoms with Crippen LogP contribution in [0.2, 0.25) is 0 Å². The molecule has 7 nitrogen and oxygen atoms in total. The lowest BCUT2D eigenvalue weighted by Gasteiger charge is -2.45. The van der Waals surface area contributed by atoms with Gasteiger partial charge in [0, 0.05) is 31.9 Å². The van der Waals surface area contributed by atoms with Crippen molar-refractivity contribution < 1.29 is 14.4 Å². The number of carbonyl (C=O) groups excluding carboxylic acids is 3. The highest BCUT2D eigenvalue weighted by Gasteiger charge is 2.40. The molecule has 4 rings (SSSR count). The normalized spacial score (nSPS) is 17.5. The van der Waals surface area contributed by atoms with Crippen LogP contribution in [0.1, 0.15) is 40.7 Å². The van der Waals surface area contributed by atoms with Gasteiger partial charge in [0.1, 0.15) is 12.6 Å². The van der Waals surface area contributed by atoms with Gasteiger partial charge in [-0.2, -0.15) is 0 Å². The zero-order valence-electron chi connectivity index (χ0n) is 19.1. The molecule has 1 saturated heterocycles. The fourth-order valence-corrected chi connectivity index (χ4v) is 4.53. The molecule has 0 bridgehead atoms. The van der Waals surface area contributed by atoms with Gasteiger partial charge in [-0.1, -0.05) is 12.1 Å². The highest BCUT2D eigenvalue weighted by atomic mass is 16.2. The van der Waals surface area contributed by atoms with Crippen LogP contribution in [0.5, 0.6) is 0 Å². The summed E-state index contributed by atoms with van der Waals surface area (Å²) >= 11 is 0. The summed E-state index contributed by atoms with van der Waals surface area (Å²) < 4.78 is 0. The van der Waals surface area contributed by atoms with E-state index in [0.29, 0.717) is 11.3 Å². The summed E-state index contributed by atoms with van der Waals surface area (Å²) in [6.45, 7) is 4.66. The van der Waals surface area contributed by atoms with Gasteiger partial charge in [0.15, 0.2) is 0 Å². The van der Waals surface area contributed by atoms with E-state index < -0.39 is 0 Å². The number of fused-ring (bicyclic) bond motifs is 3. The number of benzene rings is 2. The van der Waals surface area contributed by atoms with Crippen molar-refractivity contribution in [3.8, 4) is 0 Å². The highest BCUT2D eigenvalue weighted by Crippen LogP contribution is 2.40. The molecule has 1 fully saturated rings. The molecule has 2 aliphatic rings. The van der Waals surface area contributed by atoms with Gasteiger partial charge < -0.3 is 15.1 Å². The van der Waals surface area contributed by atoms with Crippen molar-refractivity contribution in [3.05, 3.63) is 53.1 Å². The maximum Gasteiger partial charge on any atom is 0.253 e. The second kappa shape index (κ2) is 8.65. The van der Waals surface area contributed by atoms with E-state index in [0.717, 1.165) is 48.3 Å². The largest absolute Gasteiger partial charge is 0.358 e. The molecule has 0 aliphatic carbocycles. The monoisotopic (exact) mass is 434 g/mol. The molecule has 0 radical (unpaired) electrons. The Labute approximate surface area is 189 Å². The first-order valence-corrected chi connectivity index (χ1v) is 11.1. The van der Waals surface area contributed by atoms with Gasteiger partial charge >= 0.3 is 0 Å². The van der Waals surface area contributed by atoms with Crippen molar-refractivity contribution in [2.75, 3.05) is 42.3 Å². The zero-order chi connectivity index (χ0) is 23.0. The Morgan fingerprint density at radius 1 is 1.09 bits per heavy atom. The number of nitrogens with zero attached hydrogens (tertiary/aromatic N) is 3. The van der Waals surface area contributed by atoms with Crippen LogP contribution in [0.4, 0.5) is 17.1 Å². The molecule has 0 saturated carbocycles. The maximum absolute atomic E-state index is 13.5. The van der Waals surface area contributed by atoms with E-state index in [1.165, 1.54) is 4.90 Å². The first kappa shape index (κ1) is 21.9. The third kappa shape index (κ3) is 3.95. The van der Waals surface area contributed by atoms with Crippen LogP contribution >= 0.6 is 0 Å². The Kier molecular flexibility index (Phi) is 5.91. The fraction of sp³-hybridized carbons (Fsp3) is 0.400. The lowest BCUT2D eigenvalue weighted by Crippen LogP contribution is -2.56. The number of hydrogen-bond donors (Lipinski definition) is 1. The molecule has 2 aliphatic heterocycles. The standard InChI is InChI=1S/C25H30N4O3/c1-16-8-7-9-19(17(16)2)26-23(30)15-29-22-14-18(24(31)27(3)4)11-12-20(22)28-13-6-5-10-21(28)25(29)32/h7-9,11-12,14,21H,5-6,10,13,15H2,1-4H3,(H,26,30)/t21-/m1/s1. The summed E-state index contributed by atoms with van der Waals surface area (Å²) in [4.78, 5) is 44.2. The Morgan fingerprint density at radius 3 is 2.62 bits per heavy atom. The van der Waals surface area contributed by atoms with E-state index in [9.17, 15) is 14.4 Å². The fourth-order valence-electron chi connectivity index (χ4n) is 4.53. The molecule has 2 aromatic carbocycles. The molecule has 168 valence electrons. The third-order valence-corrected chi connectivity index (χ3v) is 6.46. The lowest BCUT2D eigenvalue weighted by molar-refractivity contribution is -0.123. The van der Waals surface area contributed by atoms with Gasteiger partial charge in [0.2, 0.25) is 11.8 Å². The van der Waals surface area contributed by atoms with Crippen molar-refractivity contribution in [1.29, 1.82) is 0 Å². The Balaban J connectivity index is 1.68. The molecule has 3 amide bonds. The smallest absolute Gasteiger partial charge is 0.253 e. The SMILES string of the molecule is Cc1cccc(NC(=O)CN2C(=O)[C@H]3CCCCN3c3ccc(C(=O)N(C)C)cc32)c1C. The van der Waals surface area contributed by atoms with Crippen LogP contribution in [-0.2, 0) is 9.59 Å². The minimum atomic E-state index is -0.264. The molecule has 0 aromatic heterocycles. The summed E-state index contributed by atoms with van der Waals surface area (Å²) in [5, 5.41) is 2.96. The number of anilines is 3. The van der Waals surface area contributed by atoms with Gasteiger partial charge in [0.05, 0.1) is 11.4 Å². The minimum Gasteiger partial charge on any atom is -0.358 e. The predicted octanol–water partition coefficient (Wildman–Crippen LogP) is 3.35. The number of amides is 3. The quantitative estimate of drug-likeness (QED) is 0.801. The first-order valence-electron chi connectivity index (χ1n) is 11.1. The van der Waals surface area contributed by atoms with Crippen LogP contribution in [0, 0.1) is 13.8 Å². The van der Waals surface area contributed by atoms with Crippen LogP contribution in [-0.4, -0.2) is 55.8 Å². The van der Waals surface area contributed by atoms with E-state index in [4.69, 9.17) is 0 Å². The average Bonchev–Trinajstić information content (AvgIpc) is 2.78. The number of aryl methyl sites for hydroxylation is 1. The number of carbonyl (C=O) groups is 3. The number of piperidine rings is 1. The van der Waals surface area contributed by atoms with Gasteiger partial charge in [-0.3, -0.25) is 19.3 Å². The third-order valence-electron chi connectivity index (χ3n) is 6.46. The van der Waals surface area contributed by atoms with E-state index in [1.54, 1.807) is 31.1 Å². The zero-order valence-corrected chi connectivity index (χ0v) is 19.1. The summed E-state index contributed by atoms with van der Waals surface area (Å²) in [5.41, 5.74) is 4.86. The van der Waals surface area contributed by atoms with Crippen LogP contribution < -0.4 is 15.1 Å². The second-order valence-corrected chi connectivity index (χ2v) is 8.83. The second-order valence-electron chi connectivity index (χ2n) is 8.83.